The van der Waals surface area contributed by atoms with Crippen molar-refractivity contribution < 1.29 is 0 Å². The number of nitrogens with two attached hydrogens (primary N) is 1. The standard InChI is InChI=1S/C17H19ClN4/c1-3-11(2)8-22-9-14(12-4-6-13(18)7-5-12)15-16(19)20-10-21-17(15)22/h4-7,9-11H,3,8H2,1-2H3,(H2,19,20,21). The second-order valence-corrected chi connectivity index (χ2v) is 6.11. The molecule has 3 aromatic rings. The maximum absolute atomic E-state index is 6.11. The Kier molecular flexibility index (Phi) is 4.03. The topological polar surface area (TPSA) is 56.7 Å². The number of fused-ring (bicyclic) bond motifs is 1. The Morgan fingerprint density at radius 3 is 2.64 bits per heavy atom. The number of benzene rings is 1. The summed E-state index contributed by atoms with van der Waals surface area (Å²) in [5, 5.41) is 1.63. The summed E-state index contributed by atoms with van der Waals surface area (Å²) in [6, 6.07) is 7.76. The Balaban J connectivity index is 2.19. The molecule has 1 aromatic carbocycles. The zero-order chi connectivity index (χ0) is 15.7. The summed E-state index contributed by atoms with van der Waals surface area (Å²) in [7, 11) is 0. The third-order valence-corrected chi connectivity index (χ3v) is 4.30. The van der Waals surface area contributed by atoms with E-state index in [1.807, 2.05) is 24.3 Å². The van der Waals surface area contributed by atoms with E-state index in [9.17, 15) is 0 Å². The van der Waals surface area contributed by atoms with Gasteiger partial charge in [0, 0.05) is 23.3 Å². The van der Waals surface area contributed by atoms with Crippen molar-refractivity contribution in [2.24, 2.45) is 5.92 Å². The summed E-state index contributed by atoms with van der Waals surface area (Å²) in [5.41, 5.74) is 9.11. The Labute approximate surface area is 134 Å². The van der Waals surface area contributed by atoms with E-state index in [1.54, 1.807) is 0 Å². The van der Waals surface area contributed by atoms with Crippen molar-refractivity contribution in [1.82, 2.24) is 14.5 Å². The fourth-order valence-electron chi connectivity index (χ4n) is 2.60. The van der Waals surface area contributed by atoms with E-state index in [4.69, 9.17) is 17.3 Å². The number of hydrogen-bond acceptors (Lipinski definition) is 3. The van der Waals surface area contributed by atoms with Crippen LogP contribution in [-0.2, 0) is 6.54 Å². The first-order valence-corrected chi connectivity index (χ1v) is 7.83. The summed E-state index contributed by atoms with van der Waals surface area (Å²) in [6.45, 7) is 5.34. The predicted molar refractivity (Wildman–Crippen MR) is 91.8 cm³/mol. The van der Waals surface area contributed by atoms with Crippen LogP contribution in [0.15, 0.2) is 36.8 Å². The minimum atomic E-state index is 0.512. The van der Waals surface area contributed by atoms with Crippen LogP contribution >= 0.6 is 11.6 Å². The van der Waals surface area contributed by atoms with Crippen LogP contribution in [0, 0.1) is 5.92 Å². The van der Waals surface area contributed by atoms with E-state index in [-0.39, 0.29) is 0 Å². The normalized spacial score (nSPS) is 12.7. The van der Waals surface area contributed by atoms with E-state index >= 15 is 0 Å². The highest BCUT2D eigenvalue weighted by atomic mass is 35.5. The van der Waals surface area contributed by atoms with E-state index in [2.05, 4.69) is 34.6 Å². The molecule has 0 aliphatic carbocycles. The van der Waals surface area contributed by atoms with Gasteiger partial charge >= 0.3 is 0 Å². The summed E-state index contributed by atoms with van der Waals surface area (Å²) in [5.74, 6) is 1.09. The molecule has 114 valence electrons. The third-order valence-electron chi connectivity index (χ3n) is 4.04. The van der Waals surface area contributed by atoms with Gasteiger partial charge in [-0.05, 0) is 23.6 Å². The van der Waals surface area contributed by atoms with Crippen LogP contribution in [0.25, 0.3) is 22.2 Å². The number of aromatic nitrogens is 3. The molecule has 0 amide bonds. The lowest BCUT2D eigenvalue weighted by atomic mass is 10.1. The number of halogens is 1. The molecular weight excluding hydrogens is 296 g/mol. The van der Waals surface area contributed by atoms with Gasteiger partial charge in [-0.3, -0.25) is 0 Å². The van der Waals surface area contributed by atoms with Gasteiger partial charge in [0.2, 0.25) is 0 Å². The van der Waals surface area contributed by atoms with Crippen molar-refractivity contribution in [2.45, 2.75) is 26.8 Å². The van der Waals surface area contributed by atoms with Crippen molar-refractivity contribution in [3.8, 4) is 11.1 Å². The summed E-state index contributed by atoms with van der Waals surface area (Å²) < 4.78 is 2.17. The monoisotopic (exact) mass is 314 g/mol. The molecule has 0 aliphatic rings. The minimum absolute atomic E-state index is 0.512. The molecule has 1 unspecified atom stereocenters. The van der Waals surface area contributed by atoms with Crippen LogP contribution in [0.2, 0.25) is 5.02 Å². The third kappa shape index (κ3) is 2.66. The van der Waals surface area contributed by atoms with Crippen molar-refractivity contribution >= 4 is 28.5 Å². The van der Waals surface area contributed by atoms with Gasteiger partial charge in [-0.1, -0.05) is 44.0 Å². The first kappa shape index (κ1) is 14.9. The van der Waals surface area contributed by atoms with Crippen LogP contribution in [0.5, 0.6) is 0 Å². The first-order valence-electron chi connectivity index (χ1n) is 7.45. The zero-order valence-corrected chi connectivity index (χ0v) is 13.5. The maximum atomic E-state index is 6.11. The minimum Gasteiger partial charge on any atom is -0.383 e. The predicted octanol–water partition coefficient (Wildman–Crippen LogP) is 4.38. The Morgan fingerprint density at radius 1 is 1.23 bits per heavy atom. The Hall–Kier alpha value is -2.07. The highest BCUT2D eigenvalue weighted by molar-refractivity contribution is 6.30. The van der Waals surface area contributed by atoms with Gasteiger partial charge in [-0.25, -0.2) is 9.97 Å². The van der Waals surface area contributed by atoms with Gasteiger partial charge < -0.3 is 10.3 Å². The van der Waals surface area contributed by atoms with E-state index in [0.29, 0.717) is 11.7 Å². The summed E-state index contributed by atoms with van der Waals surface area (Å²) in [6.07, 6.45) is 4.76. The molecule has 0 radical (unpaired) electrons. The van der Waals surface area contributed by atoms with E-state index in [1.165, 1.54) is 6.33 Å². The highest BCUT2D eigenvalue weighted by Gasteiger charge is 2.15. The second kappa shape index (κ2) is 5.97. The average molecular weight is 315 g/mol. The molecule has 0 fully saturated rings. The van der Waals surface area contributed by atoms with Gasteiger partial charge in [0.15, 0.2) is 0 Å². The van der Waals surface area contributed by atoms with Gasteiger partial charge in [0.25, 0.3) is 0 Å². The van der Waals surface area contributed by atoms with Gasteiger partial charge in [0.05, 0.1) is 5.39 Å². The number of nitrogen functional groups attached to an aromatic ring is 1. The number of hydrogen-bond donors (Lipinski definition) is 1. The fourth-order valence-corrected chi connectivity index (χ4v) is 2.73. The molecule has 4 nitrogen and oxygen atoms in total. The van der Waals surface area contributed by atoms with Crippen LogP contribution in [0.3, 0.4) is 0 Å². The van der Waals surface area contributed by atoms with Crippen LogP contribution in [-0.4, -0.2) is 14.5 Å². The van der Waals surface area contributed by atoms with Crippen LogP contribution < -0.4 is 5.73 Å². The molecule has 1 atom stereocenters. The van der Waals surface area contributed by atoms with Crippen LogP contribution in [0.4, 0.5) is 5.82 Å². The second-order valence-electron chi connectivity index (χ2n) is 5.67. The van der Waals surface area contributed by atoms with Gasteiger partial charge in [0.1, 0.15) is 17.8 Å². The molecule has 2 N–H and O–H groups in total. The summed E-state index contributed by atoms with van der Waals surface area (Å²) >= 11 is 5.99. The molecule has 0 aliphatic heterocycles. The van der Waals surface area contributed by atoms with Gasteiger partial charge in [-0.15, -0.1) is 0 Å². The van der Waals surface area contributed by atoms with Crippen molar-refractivity contribution in [3.05, 3.63) is 41.8 Å². The quantitative estimate of drug-likeness (QED) is 0.777. The highest BCUT2D eigenvalue weighted by Crippen LogP contribution is 2.33. The average Bonchev–Trinajstić information content (AvgIpc) is 2.88. The lowest BCUT2D eigenvalue weighted by Gasteiger charge is -2.10. The van der Waals surface area contributed by atoms with Crippen molar-refractivity contribution in [3.63, 3.8) is 0 Å². The lowest BCUT2D eigenvalue weighted by molar-refractivity contribution is 0.476. The van der Waals surface area contributed by atoms with Crippen molar-refractivity contribution in [1.29, 1.82) is 0 Å². The molecule has 0 saturated carbocycles. The Bertz CT molecular complexity index is 792. The fraction of sp³-hybridized carbons (Fsp3) is 0.294. The molecule has 5 heteroatoms. The lowest BCUT2D eigenvalue weighted by Crippen LogP contribution is -2.06. The smallest absolute Gasteiger partial charge is 0.146 e. The van der Waals surface area contributed by atoms with Gasteiger partial charge in [-0.2, -0.15) is 0 Å². The maximum Gasteiger partial charge on any atom is 0.146 e. The molecular formula is C17H19ClN4. The SMILES string of the molecule is CCC(C)Cn1cc(-c2ccc(Cl)cc2)c2c(N)ncnc21. The van der Waals surface area contributed by atoms with E-state index < -0.39 is 0 Å². The summed E-state index contributed by atoms with van der Waals surface area (Å²) in [4.78, 5) is 8.59. The van der Waals surface area contributed by atoms with Crippen molar-refractivity contribution in [2.75, 3.05) is 5.73 Å². The molecule has 0 bridgehead atoms. The van der Waals surface area contributed by atoms with Crippen LogP contribution in [0.1, 0.15) is 20.3 Å². The Morgan fingerprint density at radius 2 is 1.95 bits per heavy atom. The number of anilines is 1. The molecule has 22 heavy (non-hydrogen) atoms. The first-order chi connectivity index (χ1) is 10.6. The largest absolute Gasteiger partial charge is 0.383 e. The number of nitrogens with zero attached hydrogens (tertiary/aromatic N) is 3. The molecule has 2 heterocycles. The molecule has 0 saturated heterocycles. The molecule has 0 spiro atoms. The molecule has 3 rings (SSSR count). The zero-order valence-electron chi connectivity index (χ0n) is 12.8. The van der Waals surface area contributed by atoms with E-state index in [0.717, 1.165) is 40.1 Å². The molecule has 2 aromatic heterocycles. The number of rotatable bonds is 4.